The lowest BCUT2D eigenvalue weighted by Crippen LogP contribution is -1.98. The summed E-state index contributed by atoms with van der Waals surface area (Å²) < 4.78 is 0. The molecule has 3 rings (SSSR count). The van der Waals surface area contributed by atoms with Gasteiger partial charge < -0.3 is 10.1 Å². The molecule has 0 aromatic carbocycles. The number of carbonyl (C=O) groups is 1. The van der Waals surface area contributed by atoms with E-state index in [1.807, 2.05) is 0 Å². The van der Waals surface area contributed by atoms with Gasteiger partial charge in [0.1, 0.15) is 23.2 Å². The van der Waals surface area contributed by atoms with E-state index < -0.39 is 5.97 Å². The highest BCUT2D eigenvalue weighted by Gasteiger charge is 2.16. The van der Waals surface area contributed by atoms with E-state index in [9.17, 15) is 4.79 Å². The molecule has 0 unspecified atom stereocenters. The van der Waals surface area contributed by atoms with Crippen molar-refractivity contribution < 1.29 is 9.90 Å². The summed E-state index contributed by atoms with van der Waals surface area (Å²) >= 11 is 0. The van der Waals surface area contributed by atoms with Gasteiger partial charge in [0.25, 0.3) is 0 Å². The fourth-order valence-corrected chi connectivity index (χ4v) is 1.40. The van der Waals surface area contributed by atoms with Crippen LogP contribution >= 0.6 is 0 Å². The molecule has 0 spiro atoms. The number of imidazole rings is 2. The highest BCUT2D eigenvalue weighted by Crippen LogP contribution is 2.21. The molecule has 16 heavy (non-hydrogen) atoms. The van der Waals surface area contributed by atoms with Crippen molar-refractivity contribution in [2.45, 2.75) is 0 Å². The van der Waals surface area contributed by atoms with Crippen LogP contribution in [0.3, 0.4) is 0 Å². The first-order chi connectivity index (χ1) is 7.75. The minimum atomic E-state index is -1.16. The predicted molar refractivity (Wildman–Crippen MR) is 50.9 cm³/mol. The number of hydrogen-bond donors (Lipinski definition) is 2. The largest absolute Gasteiger partial charge is 0.475 e. The molecular formula is C8H4N6O2. The number of hydrogen-bond acceptors (Lipinski definition) is 6. The zero-order valence-electron chi connectivity index (χ0n) is 7.75. The Morgan fingerprint density at radius 1 is 1.38 bits per heavy atom. The van der Waals surface area contributed by atoms with Crippen molar-refractivity contribution in [2.24, 2.45) is 0 Å². The molecule has 0 saturated carbocycles. The van der Waals surface area contributed by atoms with Gasteiger partial charge in [-0.1, -0.05) is 0 Å². The molecule has 2 N–H and O–H groups in total. The lowest BCUT2D eigenvalue weighted by atomic mass is 10.3. The number of carboxylic acid groups (broad SMARTS) is 1. The second-order valence-corrected chi connectivity index (χ2v) is 3.04. The predicted octanol–water partition coefficient (Wildman–Crippen LogP) is -0.0541. The van der Waals surface area contributed by atoms with Crippen LogP contribution in [0, 0.1) is 0 Å². The number of nitrogens with zero attached hydrogens (tertiary/aromatic N) is 5. The summed E-state index contributed by atoms with van der Waals surface area (Å²) in [6, 6.07) is 0. The quantitative estimate of drug-likeness (QED) is 0.585. The van der Waals surface area contributed by atoms with Gasteiger partial charge >= 0.3 is 5.97 Å². The summed E-state index contributed by atoms with van der Waals surface area (Å²) in [4.78, 5) is 25.1. The molecule has 0 fully saturated rings. The Morgan fingerprint density at radius 3 is 3.06 bits per heavy atom. The summed E-state index contributed by atoms with van der Waals surface area (Å²) in [5, 5.41) is 16.3. The Kier molecular flexibility index (Phi) is 1.58. The minimum Gasteiger partial charge on any atom is -0.475 e. The van der Waals surface area contributed by atoms with Crippen molar-refractivity contribution in [1.82, 2.24) is 30.1 Å². The number of aromatic carboxylic acids is 1. The van der Waals surface area contributed by atoms with Crippen LogP contribution in [0.2, 0.25) is 0 Å². The number of aromatic amines is 1. The van der Waals surface area contributed by atoms with Crippen molar-refractivity contribution in [3.63, 3.8) is 0 Å². The molecular weight excluding hydrogens is 212 g/mol. The SMILES string of the molecule is O=C(O)c1nc2nncc3ncnc-3c2[nH]1. The maximum atomic E-state index is 10.7. The number of aromatic nitrogens is 6. The van der Waals surface area contributed by atoms with Crippen molar-refractivity contribution in [3.05, 3.63) is 18.3 Å². The van der Waals surface area contributed by atoms with Crippen LogP contribution in [0.5, 0.6) is 0 Å². The molecule has 0 aliphatic carbocycles. The summed E-state index contributed by atoms with van der Waals surface area (Å²) in [6.45, 7) is 0. The van der Waals surface area contributed by atoms with Crippen LogP contribution in [0.1, 0.15) is 10.6 Å². The first-order valence-electron chi connectivity index (χ1n) is 4.31. The lowest BCUT2D eigenvalue weighted by molar-refractivity contribution is 0.0685. The second kappa shape index (κ2) is 2.92. The molecule has 0 atom stereocenters. The van der Waals surface area contributed by atoms with Gasteiger partial charge in [0.05, 0.1) is 6.20 Å². The first kappa shape index (κ1) is 8.65. The van der Waals surface area contributed by atoms with Gasteiger partial charge in [-0.3, -0.25) is 0 Å². The van der Waals surface area contributed by atoms with E-state index in [4.69, 9.17) is 5.11 Å². The van der Waals surface area contributed by atoms with Crippen LogP contribution in [-0.4, -0.2) is 41.2 Å². The fraction of sp³-hybridized carbons (Fsp3) is 0. The van der Waals surface area contributed by atoms with Crippen molar-refractivity contribution in [1.29, 1.82) is 0 Å². The second-order valence-electron chi connectivity index (χ2n) is 3.04. The third kappa shape index (κ3) is 1.10. The van der Waals surface area contributed by atoms with Gasteiger partial charge in [0, 0.05) is 0 Å². The molecule has 2 aliphatic heterocycles. The molecule has 0 saturated heterocycles. The zero-order valence-corrected chi connectivity index (χ0v) is 7.75. The number of H-pyrrole nitrogens is 1. The summed E-state index contributed by atoms with van der Waals surface area (Å²) in [5.74, 6) is -1.35. The van der Waals surface area contributed by atoms with Crippen molar-refractivity contribution >= 4 is 17.1 Å². The molecule has 2 aliphatic rings. The Hall–Kier alpha value is -2.64. The smallest absolute Gasteiger partial charge is 0.371 e. The van der Waals surface area contributed by atoms with Crippen LogP contribution in [0.25, 0.3) is 22.6 Å². The molecule has 78 valence electrons. The zero-order chi connectivity index (χ0) is 11.1. The third-order valence-corrected chi connectivity index (χ3v) is 2.08. The van der Waals surface area contributed by atoms with E-state index in [-0.39, 0.29) is 11.5 Å². The van der Waals surface area contributed by atoms with E-state index in [1.165, 1.54) is 12.5 Å². The van der Waals surface area contributed by atoms with Crippen molar-refractivity contribution in [3.8, 4) is 11.4 Å². The topological polar surface area (TPSA) is 118 Å². The average Bonchev–Trinajstić information content (AvgIpc) is 2.82. The molecule has 0 bridgehead atoms. The van der Waals surface area contributed by atoms with Gasteiger partial charge in [0.15, 0.2) is 0 Å². The van der Waals surface area contributed by atoms with Crippen molar-refractivity contribution in [2.75, 3.05) is 0 Å². The normalized spacial score (nSPS) is 11.0. The average molecular weight is 216 g/mol. The van der Waals surface area contributed by atoms with Crippen LogP contribution in [0.15, 0.2) is 12.5 Å². The van der Waals surface area contributed by atoms with E-state index in [2.05, 4.69) is 30.1 Å². The Morgan fingerprint density at radius 2 is 2.25 bits per heavy atom. The molecule has 1 aromatic rings. The van der Waals surface area contributed by atoms with E-state index >= 15 is 0 Å². The molecule has 8 nitrogen and oxygen atoms in total. The van der Waals surface area contributed by atoms with E-state index in [1.54, 1.807) is 0 Å². The Bertz CT molecular complexity index is 663. The van der Waals surface area contributed by atoms with Gasteiger partial charge in [-0.15, -0.1) is 5.10 Å². The van der Waals surface area contributed by atoms with E-state index in [0.717, 1.165) is 0 Å². The number of carboxylic acids is 1. The summed E-state index contributed by atoms with van der Waals surface area (Å²) in [6.07, 6.45) is 2.81. The van der Waals surface area contributed by atoms with Crippen LogP contribution < -0.4 is 0 Å². The maximum Gasteiger partial charge on any atom is 0.371 e. The Balaban J connectivity index is 2.42. The minimum absolute atomic E-state index is 0.195. The van der Waals surface area contributed by atoms with Gasteiger partial charge in [-0.05, 0) is 0 Å². The van der Waals surface area contributed by atoms with Gasteiger partial charge in [-0.2, -0.15) is 5.10 Å². The number of nitrogens with one attached hydrogen (secondary N) is 1. The Labute approximate surface area is 87.7 Å². The number of fused-ring (bicyclic) bond motifs is 3. The highest BCUT2D eigenvalue weighted by molar-refractivity contribution is 5.92. The molecule has 1 aromatic heterocycles. The molecule has 0 radical (unpaired) electrons. The fourth-order valence-electron chi connectivity index (χ4n) is 1.40. The van der Waals surface area contributed by atoms with E-state index in [0.29, 0.717) is 16.9 Å². The molecule has 0 amide bonds. The van der Waals surface area contributed by atoms with Gasteiger partial charge in [-0.25, -0.2) is 19.7 Å². The van der Waals surface area contributed by atoms with Crippen LogP contribution in [0.4, 0.5) is 0 Å². The monoisotopic (exact) mass is 216 g/mol. The first-order valence-corrected chi connectivity index (χ1v) is 4.31. The molecule has 3 heterocycles. The summed E-state index contributed by atoms with van der Waals surface area (Å²) in [7, 11) is 0. The summed E-state index contributed by atoms with van der Waals surface area (Å²) in [5.41, 5.74) is 1.65. The number of rotatable bonds is 1. The standard InChI is InChI=1S/C8H4N6O2/c15-8(16)7-12-5-4-3(9-2-10-4)1-11-14-6(5)13-7/h1-2H,(H,15,16)(H,12,13,14). The lowest BCUT2D eigenvalue weighted by Gasteiger charge is -1.86. The molecule has 8 heteroatoms. The van der Waals surface area contributed by atoms with Gasteiger partial charge in [0.2, 0.25) is 11.5 Å². The van der Waals surface area contributed by atoms with Crippen LogP contribution in [-0.2, 0) is 0 Å². The maximum absolute atomic E-state index is 10.7. The third-order valence-electron chi connectivity index (χ3n) is 2.08. The highest BCUT2D eigenvalue weighted by atomic mass is 16.4.